The Morgan fingerprint density at radius 3 is 2.68 bits per heavy atom. The molecule has 0 amide bonds. The molecule has 3 heterocycles. The number of nitrogens with two attached hydrogens (primary N) is 1. The molecule has 0 unspecified atom stereocenters. The molecule has 0 atom stereocenters. The van der Waals surface area contributed by atoms with Gasteiger partial charge in [-0.15, -0.1) is 0 Å². The van der Waals surface area contributed by atoms with Crippen molar-refractivity contribution < 1.29 is 9.47 Å². The lowest BCUT2D eigenvalue weighted by atomic mass is 10.1. The molecular weight excluding hydrogens is 316 g/mol. The van der Waals surface area contributed by atoms with E-state index < -0.39 is 0 Å². The monoisotopic (exact) mass is 330 g/mol. The maximum absolute atomic E-state index is 6.17. The third-order valence-electron chi connectivity index (χ3n) is 4.33. The quantitative estimate of drug-likeness (QED) is 0.610. The highest BCUT2D eigenvalue weighted by atomic mass is 16.7. The summed E-state index contributed by atoms with van der Waals surface area (Å²) in [5, 5.41) is 0.839. The maximum Gasteiger partial charge on any atom is 0.231 e. The van der Waals surface area contributed by atoms with Gasteiger partial charge >= 0.3 is 0 Å². The lowest BCUT2D eigenvalue weighted by Crippen LogP contribution is -1.97. The normalized spacial score (nSPS) is 12.6. The molecule has 0 saturated carbocycles. The summed E-state index contributed by atoms with van der Waals surface area (Å²) in [6.07, 6.45) is 3.51. The van der Waals surface area contributed by atoms with Crippen LogP contribution in [0.3, 0.4) is 0 Å². The first-order chi connectivity index (χ1) is 12.3. The van der Waals surface area contributed by atoms with Crippen LogP contribution in [0.4, 0.5) is 5.82 Å². The molecule has 0 spiro atoms. The van der Waals surface area contributed by atoms with Crippen LogP contribution in [0.25, 0.3) is 27.8 Å². The summed E-state index contributed by atoms with van der Waals surface area (Å²) in [7, 11) is 0. The smallest absolute Gasteiger partial charge is 0.231 e. The standard InChI is InChI=1S/C19H14N4O2/c20-18-17-14(12-4-2-1-3-5-12)9-23(19(17)22-10-21-18)13-6-7-15-16(8-13)25-11-24-15/h1-10H,11H2,(H2,20,21,22). The molecule has 25 heavy (non-hydrogen) atoms. The fourth-order valence-corrected chi connectivity index (χ4v) is 3.15. The SMILES string of the molecule is Nc1ncnc2c1c(-c1ccccc1)cn2-c1ccc2c(c1)OCO2. The zero-order valence-corrected chi connectivity index (χ0v) is 13.2. The van der Waals surface area contributed by atoms with Crippen molar-refractivity contribution in [1.82, 2.24) is 14.5 Å². The number of anilines is 1. The summed E-state index contributed by atoms with van der Waals surface area (Å²) >= 11 is 0. The van der Waals surface area contributed by atoms with E-state index in [2.05, 4.69) is 9.97 Å². The number of aromatic nitrogens is 3. The van der Waals surface area contributed by atoms with Crippen molar-refractivity contribution in [1.29, 1.82) is 0 Å². The molecule has 2 aromatic heterocycles. The van der Waals surface area contributed by atoms with Gasteiger partial charge in [0.15, 0.2) is 17.1 Å². The fraction of sp³-hybridized carbons (Fsp3) is 0.0526. The van der Waals surface area contributed by atoms with Gasteiger partial charge in [0, 0.05) is 17.8 Å². The second-order valence-electron chi connectivity index (χ2n) is 5.77. The fourth-order valence-electron chi connectivity index (χ4n) is 3.15. The first-order valence-electron chi connectivity index (χ1n) is 7.88. The van der Waals surface area contributed by atoms with E-state index >= 15 is 0 Å². The molecule has 0 bridgehead atoms. The molecule has 0 radical (unpaired) electrons. The minimum atomic E-state index is 0.246. The van der Waals surface area contributed by atoms with Gasteiger partial charge < -0.3 is 19.8 Å². The van der Waals surface area contributed by atoms with Crippen LogP contribution in [0.15, 0.2) is 61.1 Å². The number of nitrogen functional groups attached to an aromatic ring is 1. The van der Waals surface area contributed by atoms with Crippen molar-refractivity contribution in [3.8, 4) is 28.3 Å². The molecule has 4 aromatic rings. The van der Waals surface area contributed by atoms with Crippen molar-refractivity contribution >= 4 is 16.9 Å². The number of rotatable bonds is 2. The lowest BCUT2D eigenvalue weighted by Gasteiger charge is -2.05. The predicted octanol–water partition coefficient (Wildman–Crippen LogP) is 3.40. The van der Waals surface area contributed by atoms with Crippen LogP contribution < -0.4 is 15.2 Å². The van der Waals surface area contributed by atoms with Crippen LogP contribution in [0.1, 0.15) is 0 Å². The number of nitrogens with zero attached hydrogens (tertiary/aromatic N) is 3. The van der Waals surface area contributed by atoms with E-state index in [4.69, 9.17) is 15.2 Å². The van der Waals surface area contributed by atoms with Gasteiger partial charge in [-0.05, 0) is 17.7 Å². The van der Waals surface area contributed by atoms with Crippen LogP contribution in [0.5, 0.6) is 11.5 Å². The Labute approximate surface area is 143 Å². The number of hydrogen-bond donors (Lipinski definition) is 1. The van der Waals surface area contributed by atoms with Crippen LogP contribution in [-0.2, 0) is 0 Å². The van der Waals surface area contributed by atoms with Gasteiger partial charge in [-0.3, -0.25) is 0 Å². The highest BCUT2D eigenvalue weighted by Gasteiger charge is 2.18. The van der Waals surface area contributed by atoms with E-state index in [0.29, 0.717) is 5.82 Å². The zero-order valence-electron chi connectivity index (χ0n) is 13.2. The van der Waals surface area contributed by atoms with Gasteiger partial charge in [0.1, 0.15) is 12.1 Å². The highest BCUT2D eigenvalue weighted by molar-refractivity contribution is 6.01. The number of benzene rings is 2. The Bertz CT molecular complexity index is 1090. The van der Waals surface area contributed by atoms with E-state index in [1.165, 1.54) is 6.33 Å². The molecule has 1 aliphatic rings. The van der Waals surface area contributed by atoms with Gasteiger partial charge in [-0.1, -0.05) is 30.3 Å². The number of hydrogen-bond acceptors (Lipinski definition) is 5. The minimum absolute atomic E-state index is 0.246. The van der Waals surface area contributed by atoms with Crippen LogP contribution in [0, 0.1) is 0 Å². The molecule has 0 saturated heterocycles. The van der Waals surface area contributed by atoms with Crippen molar-refractivity contribution in [2.75, 3.05) is 12.5 Å². The summed E-state index contributed by atoms with van der Waals surface area (Å²) in [5.41, 5.74) is 9.90. The van der Waals surface area contributed by atoms with Crippen molar-refractivity contribution in [2.45, 2.75) is 0 Å². The van der Waals surface area contributed by atoms with Crippen molar-refractivity contribution in [2.24, 2.45) is 0 Å². The Morgan fingerprint density at radius 2 is 1.80 bits per heavy atom. The molecular formula is C19H14N4O2. The summed E-state index contributed by atoms with van der Waals surface area (Å²) in [6.45, 7) is 0.246. The summed E-state index contributed by atoms with van der Waals surface area (Å²) < 4.78 is 12.9. The summed E-state index contributed by atoms with van der Waals surface area (Å²) in [6, 6.07) is 15.9. The second kappa shape index (κ2) is 5.24. The average Bonchev–Trinajstić information content (AvgIpc) is 3.27. The minimum Gasteiger partial charge on any atom is -0.454 e. The van der Waals surface area contributed by atoms with Gasteiger partial charge in [0.2, 0.25) is 6.79 Å². The predicted molar refractivity (Wildman–Crippen MR) is 94.8 cm³/mol. The van der Waals surface area contributed by atoms with Crippen molar-refractivity contribution in [3.05, 3.63) is 61.1 Å². The Kier molecular flexibility index (Phi) is 2.90. The topological polar surface area (TPSA) is 75.2 Å². The van der Waals surface area contributed by atoms with Gasteiger partial charge in [0.25, 0.3) is 0 Å². The lowest BCUT2D eigenvalue weighted by molar-refractivity contribution is 0.174. The number of ether oxygens (including phenoxy) is 2. The van der Waals surface area contributed by atoms with Gasteiger partial charge in [-0.2, -0.15) is 0 Å². The summed E-state index contributed by atoms with van der Waals surface area (Å²) in [5.74, 6) is 1.93. The first kappa shape index (κ1) is 13.9. The molecule has 1 aliphatic heterocycles. The molecule has 2 N–H and O–H groups in total. The Balaban J connectivity index is 1.78. The molecule has 6 nitrogen and oxygen atoms in total. The van der Waals surface area contributed by atoms with Crippen LogP contribution in [0.2, 0.25) is 0 Å². The molecule has 122 valence electrons. The second-order valence-corrected chi connectivity index (χ2v) is 5.77. The third kappa shape index (κ3) is 2.11. The highest BCUT2D eigenvalue weighted by Crippen LogP contribution is 2.37. The van der Waals surface area contributed by atoms with Crippen molar-refractivity contribution in [3.63, 3.8) is 0 Å². The van der Waals surface area contributed by atoms with Gasteiger partial charge in [0.05, 0.1) is 11.1 Å². The van der Waals surface area contributed by atoms with E-state index in [0.717, 1.165) is 39.3 Å². The molecule has 6 heteroatoms. The number of fused-ring (bicyclic) bond motifs is 2. The first-order valence-corrected chi connectivity index (χ1v) is 7.88. The third-order valence-corrected chi connectivity index (χ3v) is 4.33. The molecule has 5 rings (SSSR count). The van der Waals surface area contributed by atoms with Gasteiger partial charge in [-0.25, -0.2) is 9.97 Å². The summed E-state index contributed by atoms with van der Waals surface area (Å²) in [4.78, 5) is 8.62. The maximum atomic E-state index is 6.17. The molecule has 0 aliphatic carbocycles. The Morgan fingerprint density at radius 1 is 0.960 bits per heavy atom. The molecule has 0 fully saturated rings. The van der Waals surface area contributed by atoms with Crippen LogP contribution >= 0.6 is 0 Å². The largest absolute Gasteiger partial charge is 0.454 e. The van der Waals surface area contributed by atoms with E-state index in [-0.39, 0.29) is 6.79 Å². The van der Waals surface area contributed by atoms with E-state index in [9.17, 15) is 0 Å². The average molecular weight is 330 g/mol. The molecule has 2 aromatic carbocycles. The van der Waals surface area contributed by atoms with E-state index in [1.807, 2.05) is 59.3 Å². The Hall–Kier alpha value is -3.54. The van der Waals surface area contributed by atoms with Crippen LogP contribution in [-0.4, -0.2) is 21.3 Å². The van der Waals surface area contributed by atoms with E-state index in [1.54, 1.807) is 0 Å². The zero-order chi connectivity index (χ0) is 16.8.